The predicted octanol–water partition coefficient (Wildman–Crippen LogP) is 2.89. The van der Waals surface area contributed by atoms with Gasteiger partial charge in [0.15, 0.2) is 0 Å². The summed E-state index contributed by atoms with van der Waals surface area (Å²) in [4.78, 5) is 12.3. The molecule has 4 heteroatoms. The third-order valence-corrected chi connectivity index (χ3v) is 4.08. The van der Waals surface area contributed by atoms with Crippen molar-refractivity contribution in [2.45, 2.75) is 36.9 Å². The summed E-state index contributed by atoms with van der Waals surface area (Å²) in [5, 5.41) is 3.01. The molecule has 0 bridgehead atoms. The quantitative estimate of drug-likeness (QED) is 0.850. The molecule has 0 saturated heterocycles. The second kappa shape index (κ2) is 6.24. The summed E-state index contributed by atoms with van der Waals surface area (Å²) >= 11 is 3.62. The first-order valence-corrected chi connectivity index (χ1v) is 7.09. The van der Waals surface area contributed by atoms with E-state index in [0.717, 1.165) is 12.3 Å². The normalized spacial score (nSPS) is 23.8. The highest BCUT2D eigenvalue weighted by Gasteiger charge is 2.22. The van der Waals surface area contributed by atoms with Gasteiger partial charge in [0.05, 0.1) is 6.26 Å². The van der Waals surface area contributed by atoms with E-state index in [2.05, 4.69) is 21.2 Å². The summed E-state index contributed by atoms with van der Waals surface area (Å²) in [6.07, 6.45) is 6.46. The van der Waals surface area contributed by atoms with Crippen LogP contribution in [0, 0.1) is 5.92 Å². The van der Waals surface area contributed by atoms with Crippen LogP contribution in [0.1, 0.15) is 31.4 Å². The number of hydrogen-bond acceptors (Lipinski definition) is 2. The molecule has 1 aliphatic carbocycles. The van der Waals surface area contributed by atoms with Crippen LogP contribution in [0.25, 0.3) is 0 Å². The molecule has 2 unspecified atom stereocenters. The van der Waals surface area contributed by atoms with Gasteiger partial charge in [-0.1, -0.05) is 15.9 Å². The zero-order valence-electron chi connectivity index (χ0n) is 9.82. The molecule has 0 radical (unpaired) electrons. The molecule has 17 heavy (non-hydrogen) atoms. The third kappa shape index (κ3) is 4.19. The largest absolute Gasteiger partial charge is 0.469 e. The number of carbonyl (C=O) groups excluding carboxylic acids is 1. The highest BCUT2D eigenvalue weighted by molar-refractivity contribution is 9.09. The highest BCUT2D eigenvalue weighted by Crippen LogP contribution is 2.29. The van der Waals surface area contributed by atoms with E-state index in [1.165, 1.54) is 19.3 Å². The lowest BCUT2D eigenvalue weighted by molar-refractivity contribution is -0.121. The van der Waals surface area contributed by atoms with Gasteiger partial charge in [-0.2, -0.15) is 0 Å². The second-order valence-electron chi connectivity index (χ2n) is 4.66. The van der Waals surface area contributed by atoms with E-state index < -0.39 is 0 Å². The zero-order valence-corrected chi connectivity index (χ0v) is 11.4. The average molecular weight is 300 g/mol. The fourth-order valence-corrected chi connectivity index (χ4v) is 3.03. The van der Waals surface area contributed by atoms with Gasteiger partial charge in [-0.15, -0.1) is 0 Å². The van der Waals surface area contributed by atoms with Gasteiger partial charge in [0.2, 0.25) is 5.91 Å². The Bertz CT molecular complexity index is 350. The number of amides is 1. The number of aryl methyl sites for hydroxylation is 1. The smallest absolute Gasteiger partial charge is 0.220 e. The van der Waals surface area contributed by atoms with Crippen molar-refractivity contribution in [1.29, 1.82) is 0 Å². The van der Waals surface area contributed by atoms with Crippen molar-refractivity contribution in [2.24, 2.45) is 5.92 Å². The molecule has 0 aromatic carbocycles. The van der Waals surface area contributed by atoms with E-state index in [-0.39, 0.29) is 5.91 Å². The van der Waals surface area contributed by atoms with Crippen molar-refractivity contribution in [3.8, 4) is 0 Å². The topological polar surface area (TPSA) is 42.2 Å². The van der Waals surface area contributed by atoms with Gasteiger partial charge in [-0.3, -0.25) is 4.79 Å². The van der Waals surface area contributed by atoms with Crippen molar-refractivity contribution in [2.75, 3.05) is 6.54 Å². The van der Waals surface area contributed by atoms with Crippen LogP contribution < -0.4 is 5.32 Å². The van der Waals surface area contributed by atoms with Gasteiger partial charge in [-0.05, 0) is 37.3 Å². The van der Waals surface area contributed by atoms with Crippen molar-refractivity contribution in [1.82, 2.24) is 5.32 Å². The Morgan fingerprint density at radius 3 is 3.06 bits per heavy atom. The highest BCUT2D eigenvalue weighted by atomic mass is 79.9. The van der Waals surface area contributed by atoms with Gasteiger partial charge in [-0.25, -0.2) is 0 Å². The Morgan fingerprint density at radius 2 is 2.41 bits per heavy atom. The number of hydrogen-bond donors (Lipinski definition) is 1. The molecule has 2 atom stereocenters. The molecule has 1 aromatic rings. The summed E-state index contributed by atoms with van der Waals surface area (Å²) in [6, 6.07) is 3.75. The molecule has 0 spiro atoms. The summed E-state index contributed by atoms with van der Waals surface area (Å²) in [7, 11) is 0. The fourth-order valence-electron chi connectivity index (χ4n) is 2.24. The number of nitrogens with one attached hydrogen (secondary N) is 1. The standard InChI is InChI=1S/C13H18BrNO2/c14-11-4-3-10(8-11)9-15-13(16)6-5-12-2-1-7-17-12/h1-2,7,10-11H,3-6,8-9H2,(H,15,16). The van der Waals surface area contributed by atoms with Gasteiger partial charge in [0.1, 0.15) is 5.76 Å². The van der Waals surface area contributed by atoms with Crippen LogP contribution >= 0.6 is 15.9 Å². The number of halogens is 1. The van der Waals surface area contributed by atoms with Crippen LogP contribution in [-0.4, -0.2) is 17.3 Å². The predicted molar refractivity (Wildman–Crippen MR) is 70.1 cm³/mol. The van der Waals surface area contributed by atoms with Crippen LogP contribution in [0.4, 0.5) is 0 Å². The molecule has 1 aromatic heterocycles. The molecule has 3 nitrogen and oxygen atoms in total. The Labute approximate surface area is 110 Å². The first-order valence-electron chi connectivity index (χ1n) is 6.17. The van der Waals surface area contributed by atoms with Crippen molar-refractivity contribution < 1.29 is 9.21 Å². The summed E-state index contributed by atoms with van der Waals surface area (Å²) < 4.78 is 5.19. The molecule has 94 valence electrons. The third-order valence-electron chi connectivity index (χ3n) is 3.24. The molecule has 0 aliphatic heterocycles. The number of furan rings is 1. The van der Waals surface area contributed by atoms with E-state index in [0.29, 0.717) is 23.6 Å². The van der Waals surface area contributed by atoms with Crippen molar-refractivity contribution in [3.63, 3.8) is 0 Å². The first kappa shape index (κ1) is 12.7. The minimum absolute atomic E-state index is 0.124. The van der Waals surface area contributed by atoms with Crippen molar-refractivity contribution in [3.05, 3.63) is 24.2 Å². The molecule has 2 rings (SSSR count). The Hall–Kier alpha value is -0.770. The zero-order chi connectivity index (χ0) is 12.1. The molecule has 1 fully saturated rings. The van der Waals surface area contributed by atoms with Crippen LogP contribution in [-0.2, 0) is 11.2 Å². The van der Waals surface area contributed by atoms with E-state index in [1.54, 1.807) is 6.26 Å². The minimum atomic E-state index is 0.124. The van der Waals surface area contributed by atoms with E-state index in [1.807, 2.05) is 12.1 Å². The molecule has 1 N–H and O–H groups in total. The molecular formula is C13H18BrNO2. The molecular weight excluding hydrogens is 282 g/mol. The second-order valence-corrected chi connectivity index (χ2v) is 5.95. The van der Waals surface area contributed by atoms with Gasteiger partial charge < -0.3 is 9.73 Å². The first-order chi connectivity index (χ1) is 8.24. The Morgan fingerprint density at radius 1 is 1.53 bits per heavy atom. The summed E-state index contributed by atoms with van der Waals surface area (Å²) in [5.41, 5.74) is 0. The maximum Gasteiger partial charge on any atom is 0.220 e. The summed E-state index contributed by atoms with van der Waals surface area (Å²) in [6.45, 7) is 0.819. The lowest BCUT2D eigenvalue weighted by Crippen LogP contribution is -2.28. The lowest BCUT2D eigenvalue weighted by Gasteiger charge is -2.10. The van der Waals surface area contributed by atoms with Crippen LogP contribution in [0.2, 0.25) is 0 Å². The molecule has 1 heterocycles. The van der Waals surface area contributed by atoms with Crippen LogP contribution in [0.3, 0.4) is 0 Å². The lowest BCUT2D eigenvalue weighted by atomic mass is 10.1. The van der Waals surface area contributed by atoms with Gasteiger partial charge in [0, 0.05) is 24.2 Å². The van der Waals surface area contributed by atoms with Crippen LogP contribution in [0.5, 0.6) is 0 Å². The monoisotopic (exact) mass is 299 g/mol. The summed E-state index contributed by atoms with van der Waals surface area (Å²) in [5.74, 6) is 1.65. The average Bonchev–Trinajstić information content (AvgIpc) is 2.95. The maximum atomic E-state index is 11.6. The maximum absolute atomic E-state index is 11.6. The van der Waals surface area contributed by atoms with Crippen LogP contribution in [0.15, 0.2) is 22.8 Å². The Balaban J connectivity index is 1.61. The SMILES string of the molecule is O=C(CCc1ccco1)NCC1CCC(Br)C1. The number of carbonyl (C=O) groups is 1. The van der Waals surface area contributed by atoms with E-state index >= 15 is 0 Å². The van der Waals surface area contributed by atoms with Crippen molar-refractivity contribution >= 4 is 21.8 Å². The number of alkyl halides is 1. The van der Waals surface area contributed by atoms with E-state index in [4.69, 9.17) is 4.42 Å². The van der Waals surface area contributed by atoms with Gasteiger partial charge in [0.25, 0.3) is 0 Å². The molecule has 1 aliphatic rings. The van der Waals surface area contributed by atoms with E-state index in [9.17, 15) is 4.79 Å². The Kier molecular flexibility index (Phi) is 4.66. The molecule has 1 saturated carbocycles. The van der Waals surface area contributed by atoms with Gasteiger partial charge >= 0.3 is 0 Å². The fraction of sp³-hybridized carbons (Fsp3) is 0.615. The molecule has 1 amide bonds. The number of rotatable bonds is 5. The minimum Gasteiger partial charge on any atom is -0.469 e.